The highest BCUT2D eigenvalue weighted by molar-refractivity contribution is 6.41. The first-order valence-corrected chi connectivity index (χ1v) is 22.5. The predicted octanol–water partition coefficient (Wildman–Crippen LogP) is 17.6. The maximum absolute atomic E-state index is 2.55. The van der Waals surface area contributed by atoms with Crippen LogP contribution in [0.1, 0.15) is 153 Å². The Labute approximate surface area is 325 Å². The topological polar surface area (TPSA) is 0 Å². The zero-order valence-corrected chi connectivity index (χ0v) is 33.6. The van der Waals surface area contributed by atoms with Gasteiger partial charge in [-0.15, -0.1) is 0 Å². The summed E-state index contributed by atoms with van der Waals surface area (Å²) < 4.78 is 0. The molecule has 0 saturated heterocycles. The fraction of sp³-hybridized carbons (Fsp3) is 0.444. The Morgan fingerprint density at radius 1 is 0.278 bits per heavy atom. The van der Waals surface area contributed by atoms with Crippen LogP contribution in [0.25, 0.3) is 75.4 Å². The lowest BCUT2D eigenvalue weighted by Crippen LogP contribution is -1.97. The SMILES string of the molecule is CCCCCCCCCCCCc1c2ccccc2c2cc3ccc4c(CCCCCCCCCCCC)c5ccccc5c5cc6ccc1c2c6c3c45. The van der Waals surface area contributed by atoms with Crippen LogP contribution in [0.15, 0.2) is 84.9 Å². The van der Waals surface area contributed by atoms with E-state index in [1.54, 1.807) is 11.1 Å². The van der Waals surface area contributed by atoms with E-state index in [0.717, 1.165) is 12.8 Å². The van der Waals surface area contributed by atoms with Crippen LogP contribution in [0.5, 0.6) is 0 Å². The van der Waals surface area contributed by atoms with E-state index in [-0.39, 0.29) is 0 Å². The summed E-state index contributed by atoms with van der Waals surface area (Å²) in [5, 5.41) is 20.4. The lowest BCUT2D eigenvalue weighted by Gasteiger charge is -2.22. The zero-order valence-electron chi connectivity index (χ0n) is 33.6. The second kappa shape index (κ2) is 17.7. The van der Waals surface area contributed by atoms with Gasteiger partial charge in [-0.1, -0.05) is 202 Å². The van der Waals surface area contributed by atoms with Crippen molar-refractivity contribution in [3.8, 4) is 0 Å². The summed E-state index contributed by atoms with van der Waals surface area (Å²) in [6.07, 6.45) is 29.9. The Bertz CT molecular complexity index is 2250. The first-order valence-electron chi connectivity index (χ1n) is 22.5. The van der Waals surface area contributed by atoms with Crippen molar-refractivity contribution in [3.63, 3.8) is 0 Å². The Morgan fingerprint density at radius 2 is 0.611 bits per heavy atom. The van der Waals surface area contributed by atoms with Gasteiger partial charge in [-0.05, 0) is 124 Å². The van der Waals surface area contributed by atoms with E-state index in [2.05, 4.69) is 98.8 Å². The standard InChI is InChI=1S/C54H64/c1-3-5-7-9-11-13-15-17-19-21-27-43-41-29-23-25-31-45(41)49-37-40-34-36-48-44(28-22-20-18-16-14-12-10-8-6-4-2)42-30-24-26-32-46(42)50-38-39-33-35-47(43)53(49)51(39)52(40)54(48)50/h23-26,29-38H,3-22,27-28H2,1-2H3. The van der Waals surface area contributed by atoms with Crippen LogP contribution >= 0.6 is 0 Å². The summed E-state index contributed by atoms with van der Waals surface area (Å²) in [4.78, 5) is 0. The molecule has 0 aliphatic rings. The predicted molar refractivity (Wildman–Crippen MR) is 242 cm³/mol. The minimum atomic E-state index is 1.16. The molecule has 0 saturated carbocycles. The molecule has 0 aliphatic carbocycles. The van der Waals surface area contributed by atoms with Crippen molar-refractivity contribution in [2.75, 3.05) is 0 Å². The van der Waals surface area contributed by atoms with Crippen molar-refractivity contribution in [3.05, 3.63) is 96.1 Å². The fourth-order valence-corrected chi connectivity index (χ4v) is 10.3. The molecule has 0 nitrogen and oxygen atoms in total. The molecule has 0 bridgehead atoms. The van der Waals surface area contributed by atoms with Crippen molar-refractivity contribution in [1.82, 2.24) is 0 Å². The van der Waals surface area contributed by atoms with E-state index >= 15 is 0 Å². The van der Waals surface area contributed by atoms with Crippen LogP contribution in [0, 0.1) is 0 Å². The molecule has 0 atom stereocenters. The molecular formula is C54H64. The normalized spacial score (nSPS) is 12.4. The first kappa shape index (κ1) is 37.0. The maximum atomic E-state index is 2.55. The summed E-state index contributed by atoms with van der Waals surface area (Å²) in [6, 6.07) is 33.6. The van der Waals surface area contributed by atoms with Gasteiger partial charge < -0.3 is 0 Å². The first-order chi connectivity index (χ1) is 26.8. The average Bonchev–Trinajstić information content (AvgIpc) is 3.21. The van der Waals surface area contributed by atoms with E-state index in [9.17, 15) is 0 Å². The third-order valence-electron chi connectivity index (χ3n) is 13.2. The Balaban J connectivity index is 1.13. The van der Waals surface area contributed by atoms with Gasteiger partial charge in [0.25, 0.3) is 0 Å². The third-order valence-corrected chi connectivity index (χ3v) is 13.2. The fourth-order valence-electron chi connectivity index (χ4n) is 10.3. The number of aryl methyl sites for hydroxylation is 2. The molecule has 8 rings (SSSR count). The molecule has 0 unspecified atom stereocenters. The molecular weight excluding hydrogens is 649 g/mol. The number of hydrogen-bond donors (Lipinski definition) is 0. The third kappa shape index (κ3) is 7.40. The van der Waals surface area contributed by atoms with E-state index < -0.39 is 0 Å². The van der Waals surface area contributed by atoms with Crippen LogP contribution in [0.4, 0.5) is 0 Å². The van der Waals surface area contributed by atoms with Gasteiger partial charge >= 0.3 is 0 Å². The molecule has 0 N–H and O–H groups in total. The molecule has 0 amide bonds. The quantitative estimate of drug-likeness (QED) is 0.0373. The molecule has 0 heterocycles. The van der Waals surface area contributed by atoms with Crippen molar-refractivity contribution < 1.29 is 0 Å². The molecule has 8 aromatic rings. The molecule has 0 spiro atoms. The van der Waals surface area contributed by atoms with Crippen LogP contribution in [0.2, 0.25) is 0 Å². The molecule has 0 radical (unpaired) electrons. The minimum absolute atomic E-state index is 1.16. The van der Waals surface area contributed by atoms with Crippen molar-refractivity contribution >= 4 is 75.4 Å². The number of rotatable bonds is 22. The largest absolute Gasteiger partial charge is 0.0654 e. The Hall–Kier alpha value is -3.90. The van der Waals surface area contributed by atoms with Gasteiger partial charge in [-0.25, -0.2) is 0 Å². The highest BCUT2D eigenvalue weighted by atomic mass is 14.2. The van der Waals surface area contributed by atoms with Gasteiger partial charge in [-0.3, -0.25) is 0 Å². The summed E-state index contributed by atoms with van der Waals surface area (Å²) in [5.41, 5.74) is 3.14. The summed E-state index contributed by atoms with van der Waals surface area (Å²) >= 11 is 0. The molecule has 280 valence electrons. The zero-order chi connectivity index (χ0) is 36.7. The molecule has 54 heavy (non-hydrogen) atoms. The molecule has 8 aromatic carbocycles. The Morgan fingerprint density at radius 3 is 0.981 bits per heavy atom. The second-order valence-electron chi connectivity index (χ2n) is 16.9. The van der Waals surface area contributed by atoms with E-state index in [1.165, 1.54) is 204 Å². The van der Waals surface area contributed by atoms with Gasteiger partial charge in [0.1, 0.15) is 0 Å². The van der Waals surface area contributed by atoms with Crippen molar-refractivity contribution in [2.45, 2.75) is 155 Å². The van der Waals surface area contributed by atoms with Crippen LogP contribution in [-0.4, -0.2) is 0 Å². The van der Waals surface area contributed by atoms with Gasteiger partial charge in [0.2, 0.25) is 0 Å². The summed E-state index contributed by atoms with van der Waals surface area (Å²) in [6.45, 7) is 4.62. The smallest absolute Gasteiger partial charge is 0.00138 e. The molecule has 0 aliphatic heterocycles. The van der Waals surface area contributed by atoms with Crippen LogP contribution in [-0.2, 0) is 12.8 Å². The van der Waals surface area contributed by atoms with Crippen LogP contribution in [0.3, 0.4) is 0 Å². The average molecular weight is 713 g/mol. The lowest BCUT2D eigenvalue weighted by atomic mass is 9.80. The maximum Gasteiger partial charge on any atom is -0.00138 e. The second-order valence-corrected chi connectivity index (χ2v) is 16.9. The van der Waals surface area contributed by atoms with Crippen molar-refractivity contribution in [1.29, 1.82) is 0 Å². The van der Waals surface area contributed by atoms with Crippen LogP contribution < -0.4 is 0 Å². The molecule has 0 aromatic heterocycles. The summed E-state index contributed by atoms with van der Waals surface area (Å²) in [5.74, 6) is 0. The van der Waals surface area contributed by atoms with Crippen molar-refractivity contribution in [2.24, 2.45) is 0 Å². The number of unbranched alkanes of at least 4 members (excludes halogenated alkanes) is 18. The van der Waals surface area contributed by atoms with Gasteiger partial charge in [0.15, 0.2) is 0 Å². The monoisotopic (exact) mass is 713 g/mol. The minimum Gasteiger partial charge on any atom is -0.0654 e. The van der Waals surface area contributed by atoms with E-state index in [4.69, 9.17) is 0 Å². The lowest BCUT2D eigenvalue weighted by molar-refractivity contribution is 0.557. The van der Waals surface area contributed by atoms with Gasteiger partial charge in [0, 0.05) is 0 Å². The number of fused-ring (bicyclic) bond motifs is 4. The number of hydrogen-bond acceptors (Lipinski definition) is 0. The van der Waals surface area contributed by atoms with Gasteiger partial charge in [-0.2, -0.15) is 0 Å². The molecule has 0 fully saturated rings. The highest BCUT2D eigenvalue weighted by Gasteiger charge is 2.22. The number of benzene rings is 8. The van der Waals surface area contributed by atoms with E-state index in [0.29, 0.717) is 0 Å². The Kier molecular flexibility index (Phi) is 12.1. The summed E-state index contributed by atoms with van der Waals surface area (Å²) in [7, 11) is 0. The highest BCUT2D eigenvalue weighted by Crippen LogP contribution is 2.49. The molecule has 0 heteroatoms. The van der Waals surface area contributed by atoms with E-state index in [1.807, 2.05) is 0 Å². The van der Waals surface area contributed by atoms with Gasteiger partial charge in [0.05, 0.1) is 0 Å².